The summed E-state index contributed by atoms with van der Waals surface area (Å²) in [5.74, 6) is -1.80. The van der Waals surface area contributed by atoms with Gasteiger partial charge >= 0.3 is 11.9 Å². The summed E-state index contributed by atoms with van der Waals surface area (Å²) in [5, 5.41) is 12.0. The molecule has 0 unspecified atom stereocenters. The molecule has 0 aromatic carbocycles. The Hall–Kier alpha value is -3.38. The number of amides is 1. The summed E-state index contributed by atoms with van der Waals surface area (Å²) in [5.41, 5.74) is 0.807. The number of carbonyl (C=O) groups is 3. The molecule has 152 valence electrons. The first kappa shape index (κ1) is 21.9. The van der Waals surface area contributed by atoms with E-state index in [1.165, 1.54) is 23.7 Å². The minimum absolute atomic E-state index is 0.209. The Labute approximate surface area is 171 Å². The molecule has 9 heteroatoms. The second-order valence-corrected chi connectivity index (χ2v) is 6.95. The topological polar surface area (TPSA) is 119 Å². The van der Waals surface area contributed by atoms with Crippen LogP contribution in [0, 0.1) is 18.3 Å². The first-order valence-corrected chi connectivity index (χ1v) is 9.64. The van der Waals surface area contributed by atoms with E-state index in [2.05, 4.69) is 5.32 Å². The predicted octanol–water partition coefficient (Wildman–Crippen LogP) is 3.48. The summed E-state index contributed by atoms with van der Waals surface area (Å²) < 4.78 is 15.0. The number of hydrogen-bond acceptors (Lipinski definition) is 8. The molecule has 1 amide bonds. The van der Waals surface area contributed by atoms with Gasteiger partial charge in [0, 0.05) is 11.0 Å². The van der Waals surface area contributed by atoms with Crippen molar-refractivity contribution in [1.82, 2.24) is 0 Å². The van der Waals surface area contributed by atoms with Crippen LogP contribution in [0.2, 0.25) is 0 Å². The van der Waals surface area contributed by atoms with Crippen molar-refractivity contribution in [3.05, 3.63) is 45.7 Å². The maximum absolute atomic E-state index is 12.3. The van der Waals surface area contributed by atoms with E-state index in [4.69, 9.17) is 19.2 Å². The zero-order chi connectivity index (χ0) is 21.4. The molecule has 0 spiro atoms. The van der Waals surface area contributed by atoms with Crippen LogP contribution in [-0.2, 0) is 25.5 Å². The van der Waals surface area contributed by atoms with Crippen LogP contribution in [0.1, 0.15) is 40.4 Å². The van der Waals surface area contributed by atoms with Gasteiger partial charge in [0.25, 0.3) is 5.91 Å². The van der Waals surface area contributed by atoms with Crippen LogP contribution in [0.5, 0.6) is 0 Å². The minimum Gasteiger partial charge on any atom is -0.465 e. The lowest BCUT2D eigenvalue weighted by molar-refractivity contribution is -0.142. The first-order chi connectivity index (χ1) is 13.9. The number of hydrogen-bond donors (Lipinski definition) is 1. The normalized spacial score (nSPS) is 10.9. The maximum Gasteiger partial charge on any atom is 0.349 e. The molecule has 0 saturated carbocycles. The van der Waals surface area contributed by atoms with Crippen molar-refractivity contribution in [2.45, 2.75) is 27.2 Å². The zero-order valence-electron chi connectivity index (χ0n) is 16.2. The Morgan fingerprint density at radius 3 is 2.66 bits per heavy atom. The third-order valence-electron chi connectivity index (χ3n) is 3.80. The Bertz CT molecular complexity index is 966. The van der Waals surface area contributed by atoms with Gasteiger partial charge in [0.05, 0.1) is 18.4 Å². The highest BCUT2D eigenvalue weighted by molar-refractivity contribution is 7.16. The molecular formula is C20H20N2O6S. The monoisotopic (exact) mass is 416 g/mol. The molecule has 0 aliphatic rings. The number of nitriles is 1. The van der Waals surface area contributed by atoms with Crippen LogP contribution in [0.4, 0.5) is 5.00 Å². The van der Waals surface area contributed by atoms with E-state index in [0.717, 1.165) is 10.4 Å². The fraction of sp³-hybridized carbons (Fsp3) is 0.300. The smallest absolute Gasteiger partial charge is 0.349 e. The van der Waals surface area contributed by atoms with E-state index in [1.807, 2.05) is 13.8 Å². The average molecular weight is 416 g/mol. The van der Waals surface area contributed by atoms with Gasteiger partial charge in [-0.1, -0.05) is 6.92 Å². The quantitative estimate of drug-likeness (QED) is 0.397. The van der Waals surface area contributed by atoms with Gasteiger partial charge in [-0.3, -0.25) is 4.79 Å². The van der Waals surface area contributed by atoms with Gasteiger partial charge in [-0.2, -0.15) is 5.26 Å². The number of anilines is 1. The Balaban J connectivity index is 2.07. The molecular weight excluding hydrogens is 396 g/mol. The van der Waals surface area contributed by atoms with E-state index in [0.29, 0.717) is 22.7 Å². The van der Waals surface area contributed by atoms with Crippen molar-refractivity contribution in [3.8, 4) is 6.07 Å². The summed E-state index contributed by atoms with van der Waals surface area (Å²) in [6, 6.07) is 4.88. The number of ether oxygens (including phenoxy) is 2. The Morgan fingerprint density at radius 2 is 2.07 bits per heavy atom. The van der Waals surface area contributed by atoms with Crippen molar-refractivity contribution >= 4 is 40.3 Å². The van der Waals surface area contributed by atoms with Gasteiger partial charge in [-0.25, -0.2) is 9.59 Å². The van der Waals surface area contributed by atoms with Crippen molar-refractivity contribution in [1.29, 1.82) is 5.26 Å². The molecule has 0 aliphatic heterocycles. The number of carbonyl (C=O) groups excluding carboxylic acids is 3. The summed E-state index contributed by atoms with van der Waals surface area (Å²) in [4.78, 5) is 37.4. The summed E-state index contributed by atoms with van der Waals surface area (Å²) in [7, 11) is 0. The van der Waals surface area contributed by atoms with Gasteiger partial charge in [0.15, 0.2) is 6.61 Å². The SMILES string of the molecule is CCOC(=O)c1c(NC(=O)COC(=O)/C(C#N)=C/c2ccco2)sc(C)c1CC. The number of rotatable bonds is 8. The van der Waals surface area contributed by atoms with Gasteiger partial charge in [-0.05, 0) is 38.0 Å². The summed E-state index contributed by atoms with van der Waals surface area (Å²) in [6.45, 7) is 5.04. The molecule has 29 heavy (non-hydrogen) atoms. The zero-order valence-corrected chi connectivity index (χ0v) is 17.1. The Kier molecular flexibility index (Phi) is 7.74. The van der Waals surface area contributed by atoms with Crippen LogP contribution >= 0.6 is 11.3 Å². The lowest BCUT2D eigenvalue weighted by Gasteiger charge is -2.08. The van der Waals surface area contributed by atoms with Crippen molar-refractivity contribution in [3.63, 3.8) is 0 Å². The third kappa shape index (κ3) is 5.56. The highest BCUT2D eigenvalue weighted by atomic mass is 32.1. The van der Waals surface area contributed by atoms with Gasteiger partial charge < -0.3 is 19.2 Å². The lowest BCUT2D eigenvalue weighted by Crippen LogP contribution is -2.22. The molecule has 8 nitrogen and oxygen atoms in total. The van der Waals surface area contributed by atoms with Crippen molar-refractivity contribution in [2.24, 2.45) is 0 Å². The van der Waals surface area contributed by atoms with Crippen LogP contribution in [0.3, 0.4) is 0 Å². The number of aryl methyl sites for hydroxylation is 1. The van der Waals surface area contributed by atoms with Crippen molar-refractivity contribution < 1.29 is 28.3 Å². The number of nitrogens with one attached hydrogen (secondary N) is 1. The summed E-state index contributed by atoms with van der Waals surface area (Å²) >= 11 is 1.25. The molecule has 0 saturated heterocycles. The van der Waals surface area contributed by atoms with Gasteiger partial charge in [-0.15, -0.1) is 11.3 Å². The highest BCUT2D eigenvalue weighted by Crippen LogP contribution is 2.34. The number of esters is 2. The molecule has 0 radical (unpaired) electrons. The van der Waals surface area contributed by atoms with E-state index in [1.54, 1.807) is 25.1 Å². The lowest BCUT2D eigenvalue weighted by atomic mass is 10.1. The van der Waals surface area contributed by atoms with Crippen LogP contribution in [0.25, 0.3) is 6.08 Å². The molecule has 2 aromatic heterocycles. The largest absolute Gasteiger partial charge is 0.465 e. The second kappa shape index (κ2) is 10.2. The Morgan fingerprint density at radius 1 is 1.31 bits per heavy atom. The molecule has 2 rings (SSSR count). The fourth-order valence-corrected chi connectivity index (χ4v) is 3.68. The van der Waals surface area contributed by atoms with E-state index < -0.39 is 24.5 Å². The van der Waals surface area contributed by atoms with Crippen LogP contribution in [0.15, 0.2) is 28.4 Å². The highest BCUT2D eigenvalue weighted by Gasteiger charge is 2.24. The summed E-state index contributed by atoms with van der Waals surface area (Å²) in [6.07, 6.45) is 3.22. The molecule has 2 aromatic rings. The molecule has 0 aliphatic carbocycles. The van der Waals surface area contributed by atoms with Gasteiger partial charge in [0.1, 0.15) is 22.4 Å². The van der Waals surface area contributed by atoms with E-state index >= 15 is 0 Å². The van der Waals surface area contributed by atoms with Crippen molar-refractivity contribution in [2.75, 3.05) is 18.5 Å². The first-order valence-electron chi connectivity index (χ1n) is 8.82. The van der Waals surface area contributed by atoms with E-state index in [9.17, 15) is 14.4 Å². The maximum atomic E-state index is 12.3. The minimum atomic E-state index is -0.957. The van der Waals surface area contributed by atoms with Crippen LogP contribution in [-0.4, -0.2) is 31.1 Å². The fourth-order valence-electron chi connectivity index (χ4n) is 2.54. The average Bonchev–Trinajstić information content (AvgIpc) is 3.31. The molecule has 0 atom stereocenters. The third-order valence-corrected chi connectivity index (χ3v) is 4.86. The molecule has 0 fully saturated rings. The van der Waals surface area contributed by atoms with Gasteiger partial charge in [0.2, 0.25) is 0 Å². The van der Waals surface area contributed by atoms with Crippen LogP contribution < -0.4 is 5.32 Å². The molecule has 2 heterocycles. The molecule has 1 N–H and O–H groups in total. The molecule has 0 bridgehead atoms. The number of thiophene rings is 1. The standard InChI is InChI=1S/C20H20N2O6S/c1-4-15-12(3)29-18(17(15)20(25)26-5-2)22-16(23)11-28-19(24)13(10-21)9-14-7-6-8-27-14/h6-9H,4-5,11H2,1-3H3,(H,22,23)/b13-9+. The number of furan rings is 1. The second-order valence-electron chi connectivity index (χ2n) is 5.72. The number of nitrogens with zero attached hydrogens (tertiary/aromatic N) is 1. The predicted molar refractivity (Wildman–Crippen MR) is 106 cm³/mol. The van der Waals surface area contributed by atoms with E-state index in [-0.39, 0.29) is 12.2 Å².